The third-order valence-electron chi connectivity index (χ3n) is 6.04. The Kier molecular flexibility index (Phi) is 8.97. The van der Waals surface area contributed by atoms with Crippen LogP contribution < -0.4 is 35.2 Å². The fraction of sp³-hybridized carbons (Fsp3) is 0.250. The zero-order valence-electron chi connectivity index (χ0n) is 16.8. The Morgan fingerprint density at radius 1 is 0.786 bits per heavy atom. The first kappa shape index (κ1) is 25.4. The predicted molar refractivity (Wildman–Crippen MR) is 114 cm³/mol. The zero-order chi connectivity index (χ0) is 17.6. The molecule has 0 saturated carbocycles. The van der Waals surface area contributed by atoms with Gasteiger partial charge in [0.15, 0.2) is 0 Å². The quantitative estimate of drug-likeness (QED) is 0.267. The fourth-order valence-corrected chi connectivity index (χ4v) is 11.1. The minimum Gasteiger partial charge on any atom is -1.00 e. The molecule has 0 atom stereocenters. The molecular formula is C24H26Cl2SiZr. The normalized spacial score (nSPS) is 11.4. The third kappa shape index (κ3) is 3.86. The number of hydrogen-bond acceptors (Lipinski definition) is 0. The van der Waals surface area contributed by atoms with Crippen molar-refractivity contribution in [2.24, 2.45) is 0 Å². The first-order valence-electron chi connectivity index (χ1n) is 9.36. The van der Waals surface area contributed by atoms with Crippen molar-refractivity contribution in [2.75, 3.05) is 0 Å². The molecule has 0 saturated heterocycles. The molecule has 0 fully saturated rings. The Bertz CT molecular complexity index is 988. The van der Waals surface area contributed by atoms with Gasteiger partial charge in [0.25, 0.3) is 0 Å². The van der Waals surface area contributed by atoms with Crippen molar-refractivity contribution < 1.29 is 51.0 Å². The van der Waals surface area contributed by atoms with E-state index < -0.39 is 8.07 Å². The SMILES string of the molecule is CC(C)[Si](c1cc2ccccc2[cH-]1)([c-]1ccc2ccccc21)C(C)C.[Cl-].[Cl-].[Zr+4]. The fourth-order valence-electron chi connectivity index (χ4n) is 5.01. The van der Waals surface area contributed by atoms with Crippen molar-refractivity contribution >= 4 is 40.0 Å². The Labute approximate surface area is 201 Å². The van der Waals surface area contributed by atoms with Crippen LogP contribution in [0.1, 0.15) is 27.7 Å². The van der Waals surface area contributed by atoms with E-state index in [4.69, 9.17) is 0 Å². The van der Waals surface area contributed by atoms with E-state index in [1.165, 1.54) is 21.5 Å². The average Bonchev–Trinajstić information content (AvgIpc) is 3.20. The largest absolute Gasteiger partial charge is 4.00 e. The van der Waals surface area contributed by atoms with Crippen LogP contribution in [0.15, 0.2) is 72.8 Å². The van der Waals surface area contributed by atoms with E-state index in [9.17, 15) is 0 Å². The maximum Gasteiger partial charge on any atom is 4.00 e. The van der Waals surface area contributed by atoms with Gasteiger partial charge in [-0.05, 0) is 0 Å². The number of rotatable bonds is 4. The van der Waals surface area contributed by atoms with Gasteiger partial charge in [-0.3, -0.25) is 0 Å². The standard InChI is InChI=1S/C24H26Si.2ClH.Zr/c1-17(2)25(18(3)4,22-15-20-10-5-6-11-21(20)16-22)24-14-13-19-9-7-8-12-23(19)24;;;/h5-18H,1-4H3;2*1H;/q-2;;;+4/p-2. The summed E-state index contributed by atoms with van der Waals surface area (Å²) in [4.78, 5) is 0. The minimum absolute atomic E-state index is 0. The van der Waals surface area contributed by atoms with Crippen molar-refractivity contribution in [3.05, 3.63) is 72.8 Å². The smallest absolute Gasteiger partial charge is 1.00 e. The summed E-state index contributed by atoms with van der Waals surface area (Å²) in [6.07, 6.45) is 0. The number of hydrogen-bond donors (Lipinski definition) is 0. The second-order valence-electron chi connectivity index (χ2n) is 7.89. The van der Waals surface area contributed by atoms with Crippen LogP contribution in [-0.2, 0) is 26.2 Å². The Morgan fingerprint density at radius 2 is 1.36 bits per heavy atom. The second kappa shape index (κ2) is 9.90. The van der Waals surface area contributed by atoms with Gasteiger partial charge < -0.3 is 24.8 Å². The average molecular weight is 505 g/mol. The van der Waals surface area contributed by atoms with Crippen molar-refractivity contribution in [3.8, 4) is 0 Å². The molecule has 4 heteroatoms. The molecule has 144 valence electrons. The Balaban J connectivity index is 0.00000131. The maximum atomic E-state index is 2.48. The van der Waals surface area contributed by atoms with Crippen LogP contribution in [0.5, 0.6) is 0 Å². The molecule has 4 aromatic carbocycles. The topological polar surface area (TPSA) is 0 Å². The van der Waals surface area contributed by atoms with Crippen LogP contribution in [0.25, 0.3) is 21.5 Å². The summed E-state index contributed by atoms with van der Waals surface area (Å²) in [5, 5.41) is 8.81. The summed E-state index contributed by atoms with van der Waals surface area (Å²) in [7, 11) is -1.90. The van der Waals surface area contributed by atoms with Gasteiger partial charge in [0.05, 0.1) is 8.07 Å². The third-order valence-corrected chi connectivity index (χ3v) is 12.3. The first-order chi connectivity index (χ1) is 12.0. The van der Waals surface area contributed by atoms with Gasteiger partial charge in [0, 0.05) is 0 Å². The van der Waals surface area contributed by atoms with Gasteiger partial charge in [-0.25, -0.2) is 0 Å². The molecule has 0 heterocycles. The predicted octanol–water partition coefficient (Wildman–Crippen LogP) is -0.181. The van der Waals surface area contributed by atoms with Gasteiger partial charge in [-0.2, -0.15) is 28.8 Å². The monoisotopic (exact) mass is 502 g/mol. The summed E-state index contributed by atoms with van der Waals surface area (Å²) in [5.74, 6) is 0. The van der Waals surface area contributed by atoms with Crippen LogP contribution in [-0.4, -0.2) is 8.07 Å². The van der Waals surface area contributed by atoms with Crippen molar-refractivity contribution in [1.29, 1.82) is 0 Å². The summed E-state index contributed by atoms with van der Waals surface area (Å²) >= 11 is 0. The minimum atomic E-state index is -1.90. The van der Waals surface area contributed by atoms with Crippen molar-refractivity contribution in [1.82, 2.24) is 0 Å². The second-order valence-corrected chi connectivity index (χ2v) is 13.0. The molecule has 0 aromatic heterocycles. The first-order valence-corrected chi connectivity index (χ1v) is 11.5. The molecule has 4 aromatic rings. The zero-order valence-corrected chi connectivity index (χ0v) is 21.8. The Hall–Kier alpha value is -0.660. The van der Waals surface area contributed by atoms with E-state index >= 15 is 0 Å². The van der Waals surface area contributed by atoms with E-state index in [1.807, 2.05) is 0 Å². The molecule has 0 spiro atoms. The van der Waals surface area contributed by atoms with E-state index in [2.05, 4.69) is 100 Å². The number of fused-ring (bicyclic) bond motifs is 2. The maximum absolute atomic E-state index is 2.48. The summed E-state index contributed by atoms with van der Waals surface area (Å²) < 4.78 is 0. The Morgan fingerprint density at radius 3 is 1.96 bits per heavy atom. The molecule has 0 aliphatic rings. The van der Waals surface area contributed by atoms with E-state index in [-0.39, 0.29) is 51.0 Å². The van der Waals surface area contributed by atoms with Crippen LogP contribution in [0.2, 0.25) is 11.1 Å². The van der Waals surface area contributed by atoms with Crippen molar-refractivity contribution in [2.45, 2.75) is 38.8 Å². The number of halogens is 2. The molecule has 0 radical (unpaired) electrons. The molecule has 28 heavy (non-hydrogen) atoms. The van der Waals surface area contributed by atoms with Gasteiger partial charge in [-0.15, -0.1) is 63.8 Å². The molecule has 0 amide bonds. The molecule has 0 aliphatic heterocycles. The molecule has 0 aliphatic carbocycles. The summed E-state index contributed by atoms with van der Waals surface area (Å²) in [6.45, 7) is 9.74. The molecule has 0 unspecified atom stereocenters. The summed E-state index contributed by atoms with van der Waals surface area (Å²) in [5.41, 5.74) is 1.30. The van der Waals surface area contributed by atoms with Gasteiger partial charge in [0.2, 0.25) is 0 Å². The van der Waals surface area contributed by atoms with Crippen molar-refractivity contribution in [3.63, 3.8) is 0 Å². The molecule has 0 bridgehead atoms. The molecular weight excluding hydrogens is 478 g/mol. The van der Waals surface area contributed by atoms with E-state index in [0.29, 0.717) is 11.1 Å². The van der Waals surface area contributed by atoms with Gasteiger partial charge in [-0.1, -0.05) is 50.9 Å². The van der Waals surface area contributed by atoms with E-state index in [1.54, 1.807) is 10.4 Å². The molecule has 0 nitrogen and oxygen atoms in total. The van der Waals surface area contributed by atoms with Crippen LogP contribution in [0.4, 0.5) is 0 Å². The van der Waals surface area contributed by atoms with Gasteiger partial charge >= 0.3 is 26.2 Å². The number of benzene rings is 2. The van der Waals surface area contributed by atoms with Crippen LogP contribution >= 0.6 is 0 Å². The van der Waals surface area contributed by atoms with E-state index in [0.717, 1.165) is 0 Å². The summed E-state index contributed by atoms with van der Waals surface area (Å²) in [6, 6.07) is 27.4. The van der Waals surface area contributed by atoms with Crippen LogP contribution in [0, 0.1) is 0 Å². The molecule has 4 rings (SSSR count). The van der Waals surface area contributed by atoms with Crippen LogP contribution in [0.3, 0.4) is 0 Å². The van der Waals surface area contributed by atoms with Gasteiger partial charge in [0.1, 0.15) is 0 Å². The molecule has 0 N–H and O–H groups in total.